The number of carbonyl (C=O) groups excluding carboxylic acids is 1. The van der Waals surface area contributed by atoms with Crippen LogP contribution in [0.3, 0.4) is 0 Å². The highest BCUT2D eigenvalue weighted by Gasteiger charge is 2.34. The lowest BCUT2D eigenvalue weighted by atomic mass is 10.1. The Hall–Kier alpha value is -2.55. The van der Waals surface area contributed by atoms with E-state index in [1.54, 1.807) is 30.4 Å². The summed E-state index contributed by atoms with van der Waals surface area (Å²) >= 11 is 3.40. The van der Waals surface area contributed by atoms with Crippen molar-refractivity contribution in [1.29, 1.82) is 0 Å². The zero-order chi connectivity index (χ0) is 22.9. The summed E-state index contributed by atoms with van der Waals surface area (Å²) in [6.07, 6.45) is 3.22. The van der Waals surface area contributed by atoms with Crippen molar-refractivity contribution in [2.45, 2.75) is 52.3 Å². The van der Waals surface area contributed by atoms with Crippen molar-refractivity contribution in [2.75, 3.05) is 23.3 Å². The van der Waals surface area contributed by atoms with E-state index in [4.69, 9.17) is 4.74 Å². The van der Waals surface area contributed by atoms with Gasteiger partial charge in [0.05, 0.1) is 11.9 Å². The molecule has 3 heterocycles. The fraction of sp³-hybridized carbons (Fsp3) is 0.500. The third-order valence-corrected chi connectivity index (χ3v) is 5.54. The van der Waals surface area contributed by atoms with Crippen LogP contribution < -0.4 is 15.8 Å². The van der Waals surface area contributed by atoms with Crippen molar-refractivity contribution >= 4 is 39.2 Å². The molecule has 0 unspecified atom stereocenters. The minimum Gasteiger partial charge on any atom is -0.444 e. The van der Waals surface area contributed by atoms with Crippen molar-refractivity contribution in [3.05, 3.63) is 45.4 Å². The van der Waals surface area contributed by atoms with E-state index >= 15 is 0 Å². The van der Waals surface area contributed by atoms with Crippen LogP contribution in [0.4, 0.5) is 22.0 Å². The fourth-order valence-corrected chi connectivity index (χ4v) is 4.13. The molecule has 8 nitrogen and oxygen atoms in total. The van der Waals surface area contributed by atoms with Crippen molar-refractivity contribution in [3.63, 3.8) is 0 Å². The smallest absolute Gasteiger partial charge is 0.410 e. The number of aromatic nitrogens is 2. The first-order chi connectivity index (χ1) is 14.4. The van der Waals surface area contributed by atoms with Crippen LogP contribution in [0.1, 0.15) is 34.6 Å². The molecule has 168 valence electrons. The van der Waals surface area contributed by atoms with Crippen LogP contribution in [0.25, 0.3) is 0 Å². The van der Waals surface area contributed by atoms with Crippen LogP contribution in [0.15, 0.2) is 39.9 Å². The molecular weight excluding hydrogens is 462 g/mol. The van der Waals surface area contributed by atoms with E-state index in [1.165, 1.54) is 4.57 Å². The first kappa shape index (κ1) is 23.1. The minimum atomic E-state index is -0.515. The van der Waals surface area contributed by atoms with Crippen molar-refractivity contribution in [1.82, 2.24) is 14.5 Å². The molecule has 0 aliphatic carbocycles. The minimum absolute atomic E-state index is 0.00791. The van der Waals surface area contributed by atoms with Gasteiger partial charge in [-0.1, -0.05) is 0 Å². The number of hydrogen-bond donors (Lipinski definition) is 1. The molecular formula is C22H30BrN5O3. The molecule has 1 fully saturated rings. The molecule has 2 atom stereocenters. The van der Waals surface area contributed by atoms with E-state index < -0.39 is 5.60 Å². The molecule has 1 amide bonds. The molecule has 1 aliphatic heterocycles. The number of ether oxygens (including phenoxy) is 1. The fourth-order valence-electron chi connectivity index (χ4n) is 3.59. The van der Waals surface area contributed by atoms with E-state index in [0.717, 1.165) is 10.2 Å². The number of carbonyl (C=O) groups is 1. The Labute approximate surface area is 191 Å². The van der Waals surface area contributed by atoms with Gasteiger partial charge in [-0.15, -0.1) is 0 Å². The average Bonchev–Trinajstić information content (AvgIpc) is 2.66. The van der Waals surface area contributed by atoms with Crippen LogP contribution in [-0.2, 0) is 11.8 Å². The molecule has 0 saturated carbocycles. The topological polar surface area (TPSA) is 79.7 Å². The lowest BCUT2D eigenvalue weighted by Crippen LogP contribution is -2.59. The first-order valence-electron chi connectivity index (χ1n) is 10.3. The summed E-state index contributed by atoms with van der Waals surface area (Å²) in [7, 11) is 1.70. The van der Waals surface area contributed by atoms with Crippen LogP contribution in [0.2, 0.25) is 0 Å². The number of piperazine rings is 1. The maximum atomic E-state index is 12.5. The van der Waals surface area contributed by atoms with E-state index in [1.807, 2.05) is 39.8 Å². The van der Waals surface area contributed by atoms with Gasteiger partial charge in [0.2, 0.25) is 0 Å². The van der Waals surface area contributed by atoms with Gasteiger partial charge in [0.1, 0.15) is 17.1 Å². The zero-order valence-electron chi connectivity index (χ0n) is 18.8. The van der Waals surface area contributed by atoms with Gasteiger partial charge in [0.25, 0.3) is 5.56 Å². The predicted octanol–water partition coefficient (Wildman–Crippen LogP) is 4.12. The summed E-state index contributed by atoms with van der Waals surface area (Å²) in [4.78, 5) is 33.4. The maximum Gasteiger partial charge on any atom is 0.410 e. The Morgan fingerprint density at radius 2 is 1.94 bits per heavy atom. The summed E-state index contributed by atoms with van der Waals surface area (Å²) in [6, 6.07) is 5.69. The van der Waals surface area contributed by atoms with Crippen molar-refractivity contribution < 1.29 is 9.53 Å². The van der Waals surface area contributed by atoms with E-state index in [0.29, 0.717) is 24.6 Å². The Balaban J connectivity index is 1.70. The van der Waals surface area contributed by atoms with Gasteiger partial charge in [-0.2, -0.15) is 0 Å². The number of nitrogens with zero attached hydrogens (tertiary/aromatic N) is 4. The number of amides is 1. The number of halogens is 1. The lowest BCUT2D eigenvalue weighted by Gasteiger charge is -2.45. The standard InChI is InChI=1S/C22H30BrN5O3/c1-14-12-28(21(30)31-22(3,4)5)15(2)11-27(14)17-7-8-19(24-10-17)25-18-9-16(23)13-26(6)20(18)29/h7-10,13-15H,11-12H2,1-6H3,(H,24,25)/t14-,15+/m0/s1. The average molecular weight is 492 g/mol. The van der Waals surface area contributed by atoms with E-state index in [9.17, 15) is 9.59 Å². The Bertz CT molecular complexity index is 1000. The third-order valence-electron chi connectivity index (χ3n) is 5.11. The number of pyridine rings is 2. The Morgan fingerprint density at radius 3 is 2.55 bits per heavy atom. The third kappa shape index (κ3) is 5.58. The summed E-state index contributed by atoms with van der Waals surface area (Å²) in [5.41, 5.74) is 0.773. The number of nitrogens with one attached hydrogen (secondary N) is 1. The van der Waals surface area contributed by atoms with Gasteiger partial charge in [-0.3, -0.25) is 4.79 Å². The molecule has 1 N–H and O–H groups in total. The summed E-state index contributed by atoms with van der Waals surface area (Å²) < 4.78 is 7.87. The van der Waals surface area contributed by atoms with Gasteiger partial charge in [0, 0.05) is 42.9 Å². The second-order valence-corrected chi connectivity index (χ2v) is 9.91. The number of rotatable bonds is 3. The highest BCUT2D eigenvalue weighted by atomic mass is 79.9. The van der Waals surface area contributed by atoms with Crippen LogP contribution >= 0.6 is 15.9 Å². The second kappa shape index (κ2) is 8.90. The van der Waals surface area contributed by atoms with Crippen LogP contribution in [-0.4, -0.2) is 51.3 Å². The maximum absolute atomic E-state index is 12.5. The van der Waals surface area contributed by atoms with Crippen molar-refractivity contribution in [2.24, 2.45) is 7.05 Å². The highest BCUT2D eigenvalue weighted by molar-refractivity contribution is 9.10. The summed E-state index contributed by atoms with van der Waals surface area (Å²) in [6.45, 7) is 11.0. The number of anilines is 3. The van der Waals surface area contributed by atoms with Crippen LogP contribution in [0.5, 0.6) is 0 Å². The Morgan fingerprint density at radius 1 is 1.23 bits per heavy atom. The van der Waals surface area contributed by atoms with Crippen molar-refractivity contribution in [3.8, 4) is 0 Å². The number of aryl methyl sites for hydroxylation is 1. The molecule has 3 rings (SSSR count). The molecule has 1 saturated heterocycles. The summed E-state index contributed by atoms with van der Waals surface area (Å²) in [5.74, 6) is 0.590. The molecule has 31 heavy (non-hydrogen) atoms. The van der Waals surface area contributed by atoms with Crippen LogP contribution in [0, 0.1) is 0 Å². The van der Waals surface area contributed by atoms with E-state index in [-0.39, 0.29) is 23.7 Å². The molecule has 0 bridgehead atoms. The van der Waals surface area contributed by atoms with Gasteiger partial charge >= 0.3 is 6.09 Å². The zero-order valence-corrected chi connectivity index (χ0v) is 20.4. The molecule has 0 spiro atoms. The van der Waals surface area contributed by atoms with Gasteiger partial charge in [-0.25, -0.2) is 9.78 Å². The van der Waals surface area contributed by atoms with Gasteiger partial charge < -0.3 is 24.4 Å². The second-order valence-electron chi connectivity index (χ2n) is 9.00. The van der Waals surface area contributed by atoms with Gasteiger partial charge in [-0.05, 0) is 68.7 Å². The number of hydrogen-bond acceptors (Lipinski definition) is 6. The first-order valence-corrected chi connectivity index (χ1v) is 11.1. The largest absolute Gasteiger partial charge is 0.444 e. The predicted molar refractivity (Wildman–Crippen MR) is 126 cm³/mol. The monoisotopic (exact) mass is 491 g/mol. The Kier molecular flexibility index (Phi) is 6.64. The van der Waals surface area contributed by atoms with E-state index in [2.05, 4.69) is 38.1 Å². The summed E-state index contributed by atoms with van der Waals surface area (Å²) in [5, 5.41) is 3.09. The molecule has 0 radical (unpaired) electrons. The SMILES string of the molecule is C[C@@H]1CN(c2ccc(Nc3cc(Br)cn(C)c3=O)nc2)[C@@H](C)CN1C(=O)OC(C)(C)C. The quantitative estimate of drug-likeness (QED) is 0.695. The molecule has 0 aromatic carbocycles. The normalized spacial score (nSPS) is 19.3. The molecule has 2 aromatic heterocycles. The lowest BCUT2D eigenvalue weighted by molar-refractivity contribution is 0.0130. The molecule has 9 heteroatoms. The molecule has 2 aromatic rings. The molecule has 1 aliphatic rings. The van der Waals surface area contributed by atoms with Gasteiger partial charge in [0.15, 0.2) is 0 Å². The highest BCUT2D eigenvalue weighted by Crippen LogP contribution is 2.25.